The van der Waals surface area contributed by atoms with Crippen molar-refractivity contribution >= 4 is 0 Å². The van der Waals surface area contributed by atoms with Crippen LogP contribution in [-0.4, -0.2) is 25.3 Å². The molecule has 1 aliphatic heterocycles. The first kappa shape index (κ1) is 11.0. The van der Waals surface area contributed by atoms with Gasteiger partial charge in [0.1, 0.15) is 0 Å². The molecule has 13 heavy (non-hydrogen) atoms. The highest BCUT2D eigenvalue weighted by Crippen LogP contribution is 2.30. The van der Waals surface area contributed by atoms with Gasteiger partial charge in [-0.3, -0.25) is 0 Å². The number of methoxy groups -OCH3 is 1. The smallest absolute Gasteiger partial charge is 0.0828 e. The molecule has 1 fully saturated rings. The van der Waals surface area contributed by atoms with Gasteiger partial charge in [-0.15, -0.1) is 0 Å². The molecule has 2 atom stereocenters. The second kappa shape index (κ2) is 4.97. The number of ether oxygens (including phenoxy) is 1. The van der Waals surface area contributed by atoms with Crippen molar-refractivity contribution in [2.75, 3.05) is 13.7 Å². The highest BCUT2D eigenvalue weighted by Gasteiger charge is 2.37. The van der Waals surface area contributed by atoms with Gasteiger partial charge in [-0.2, -0.15) is 0 Å². The van der Waals surface area contributed by atoms with E-state index in [0.29, 0.717) is 6.04 Å². The number of hydrogen-bond donors (Lipinski definition) is 1. The zero-order valence-electron chi connectivity index (χ0n) is 9.23. The third-order valence-corrected chi connectivity index (χ3v) is 3.37. The second-order valence-electron chi connectivity index (χ2n) is 4.02. The van der Waals surface area contributed by atoms with E-state index in [1.165, 1.54) is 32.2 Å². The fourth-order valence-electron chi connectivity index (χ4n) is 2.54. The molecule has 1 rings (SSSR count). The molecule has 2 nitrogen and oxygen atoms in total. The van der Waals surface area contributed by atoms with Gasteiger partial charge in [0.15, 0.2) is 0 Å². The zero-order valence-corrected chi connectivity index (χ0v) is 9.23. The summed E-state index contributed by atoms with van der Waals surface area (Å²) in [4.78, 5) is 0. The lowest BCUT2D eigenvalue weighted by Gasteiger charge is -2.37. The minimum Gasteiger partial charge on any atom is -0.377 e. The van der Waals surface area contributed by atoms with Crippen LogP contribution >= 0.6 is 0 Å². The van der Waals surface area contributed by atoms with Crippen LogP contribution in [-0.2, 0) is 4.74 Å². The molecule has 0 spiro atoms. The van der Waals surface area contributed by atoms with E-state index in [9.17, 15) is 0 Å². The molecule has 78 valence electrons. The van der Waals surface area contributed by atoms with Gasteiger partial charge in [0, 0.05) is 13.2 Å². The van der Waals surface area contributed by atoms with Crippen LogP contribution in [0.3, 0.4) is 0 Å². The van der Waals surface area contributed by atoms with Crippen LogP contribution in [0.1, 0.15) is 46.0 Å². The summed E-state index contributed by atoms with van der Waals surface area (Å²) < 4.78 is 5.75. The van der Waals surface area contributed by atoms with Crippen LogP contribution in [0.4, 0.5) is 0 Å². The normalized spacial score (nSPS) is 27.5. The Bertz CT molecular complexity index is 137. The molecule has 0 amide bonds. The van der Waals surface area contributed by atoms with Gasteiger partial charge in [0.25, 0.3) is 0 Å². The molecule has 0 saturated carbocycles. The highest BCUT2D eigenvalue weighted by atomic mass is 16.5. The lowest BCUT2D eigenvalue weighted by Crippen LogP contribution is -2.48. The SMILES string of the molecule is CCCC(CC)(OC)C1CCCN1. The summed E-state index contributed by atoms with van der Waals surface area (Å²) in [6.45, 7) is 5.64. The van der Waals surface area contributed by atoms with Gasteiger partial charge in [-0.1, -0.05) is 20.3 Å². The van der Waals surface area contributed by atoms with Crippen molar-refractivity contribution in [2.45, 2.75) is 57.6 Å². The molecular formula is C11H23NO. The first-order valence-corrected chi connectivity index (χ1v) is 5.57. The van der Waals surface area contributed by atoms with Crippen LogP contribution in [0.5, 0.6) is 0 Å². The molecule has 0 aromatic carbocycles. The van der Waals surface area contributed by atoms with Gasteiger partial charge in [-0.25, -0.2) is 0 Å². The Balaban J connectivity index is 2.62. The maximum Gasteiger partial charge on any atom is 0.0828 e. The molecule has 2 unspecified atom stereocenters. The second-order valence-corrected chi connectivity index (χ2v) is 4.02. The molecule has 1 heterocycles. The van der Waals surface area contributed by atoms with Crippen molar-refractivity contribution in [3.8, 4) is 0 Å². The summed E-state index contributed by atoms with van der Waals surface area (Å²) in [5.74, 6) is 0. The van der Waals surface area contributed by atoms with Crippen molar-refractivity contribution in [3.63, 3.8) is 0 Å². The van der Waals surface area contributed by atoms with Crippen LogP contribution in [0.25, 0.3) is 0 Å². The Morgan fingerprint density at radius 1 is 1.46 bits per heavy atom. The molecule has 0 radical (unpaired) electrons. The lowest BCUT2D eigenvalue weighted by molar-refractivity contribution is -0.0466. The monoisotopic (exact) mass is 185 g/mol. The maximum absolute atomic E-state index is 5.75. The quantitative estimate of drug-likeness (QED) is 0.710. The Labute approximate surface area is 82.0 Å². The topological polar surface area (TPSA) is 21.3 Å². The minimum absolute atomic E-state index is 0.102. The van der Waals surface area contributed by atoms with E-state index in [4.69, 9.17) is 4.74 Å². The third-order valence-electron chi connectivity index (χ3n) is 3.37. The van der Waals surface area contributed by atoms with E-state index in [0.717, 1.165) is 6.42 Å². The van der Waals surface area contributed by atoms with Crippen LogP contribution in [0.15, 0.2) is 0 Å². The lowest BCUT2D eigenvalue weighted by atomic mass is 9.85. The van der Waals surface area contributed by atoms with E-state index < -0.39 is 0 Å². The first-order valence-electron chi connectivity index (χ1n) is 5.57. The molecular weight excluding hydrogens is 162 g/mol. The molecule has 1 saturated heterocycles. The van der Waals surface area contributed by atoms with Crippen LogP contribution in [0.2, 0.25) is 0 Å². The number of hydrogen-bond acceptors (Lipinski definition) is 2. The minimum atomic E-state index is 0.102. The Morgan fingerprint density at radius 2 is 2.23 bits per heavy atom. The number of nitrogens with one attached hydrogen (secondary N) is 1. The third kappa shape index (κ3) is 2.23. The summed E-state index contributed by atoms with van der Waals surface area (Å²) >= 11 is 0. The Morgan fingerprint density at radius 3 is 2.62 bits per heavy atom. The van der Waals surface area contributed by atoms with E-state index in [1.807, 2.05) is 7.11 Å². The van der Waals surface area contributed by atoms with Crippen molar-refractivity contribution in [1.29, 1.82) is 0 Å². The summed E-state index contributed by atoms with van der Waals surface area (Å²) in [5, 5.41) is 3.56. The number of rotatable bonds is 5. The average molecular weight is 185 g/mol. The molecule has 0 aromatic rings. The largest absolute Gasteiger partial charge is 0.377 e. The fraction of sp³-hybridized carbons (Fsp3) is 1.00. The Hall–Kier alpha value is -0.0800. The van der Waals surface area contributed by atoms with Crippen molar-refractivity contribution in [3.05, 3.63) is 0 Å². The standard InChI is InChI=1S/C11H23NO/c1-4-8-11(5-2,13-3)10-7-6-9-12-10/h10,12H,4-9H2,1-3H3. The van der Waals surface area contributed by atoms with E-state index in [-0.39, 0.29) is 5.60 Å². The summed E-state index contributed by atoms with van der Waals surface area (Å²) in [6, 6.07) is 0.586. The molecule has 0 bridgehead atoms. The summed E-state index contributed by atoms with van der Waals surface area (Å²) in [5.41, 5.74) is 0.102. The summed E-state index contributed by atoms with van der Waals surface area (Å²) in [7, 11) is 1.86. The maximum atomic E-state index is 5.75. The molecule has 1 N–H and O–H groups in total. The Kier molecular flexibility index (Phi) is 4.20. The van der Waals surface area contributed by atoms with Gasteiger partial charge in [-0.05, 0) is 32.2 Å². The molecule has 2 heteroatoms. The fourth-order valence-corrected chi connectivity index (χ4v) is 2.54. The van der Waals surface area contributed by atoms with Gasteiger partial charge in [0.05, 0.1) is 5.60 Å². The average Bonchev–Trinajstić information content (AvgIpc) is 2.68. The zero-order chi connectivity index (χ0) is 9.73. The first-order chi connectivity index (χ1) is 6.29. The molecule has 0 aliphatic carbocycles. The van der Waals surface area contributed by atoms with Crippen molar-refractivity contribution in [2.24, 2.45) is 0 Å². The predicted octanol–water partition coefficient (Wildman–Crippen LogP) is 2.33. The van der Waals surface area contributed by atoms with E-state index in [1.54, 1.807) is 0 Å². The molecule has 1 aliphatic rings. The summed E-state index contributed by atoms with van der Waals surface area (Å²) in [6.07, 6.45) is 6.09. The van der Waals surface area contributed by atoms with Gasteiger partial charge < -0.3 is 10.1 Å². The van der Waals surface area contributed by atoms with Crippen LogP contribution in [0, 0.1) is 0 Å². The van der Waals surface area contributed by atoms with Crippen LogP contribution < -0.4 is 5.32 Å². The van der Waals surface area contributed by atoms with Crippen molar-refractivity contribution in [1.82, 2.24) is 5.32 Å². The van der Waals surface area contributed by atoms with Crippen molar-refractivity contribution < 1.29 is 4.74 Å². The van der Waals surface area contributed by atoms with Gasteiger partial charge >= 0.3 is 0 Å². The predicted molar refractivity (Wildman–Crippen MR) is 56.0 cm³/mol. The highest BCUT2D eigenvalue weighted by molar-refractivity contribution is 4.94. The van der Waals surface area contributed by atoms with E-state index >= 15 is 0 Å². The molecule has 0 aromatic heterocycles. The van der Waals surface area contributed by atoms with Gasteiger partial charge in [0.2, 0.25) is 0 Å². The van der Waals surface area contributed by atoms with E-state index in [2.05, 4.69) is 19.2 Å².